The van der Waals surface area contributed by atoms with Gasteiger partial charge in [-0.15, -0.1) is 0 Å². The number of nitrogens with zero attached hydrogens (tertiary/aromatic N) is 2. The Balaban J connectivity index is 1.25. The Hall–Kier alpha value is -3.01. The smallest absolute Gasteiger partial charge is 0.224 e. The van der Waals surface area contributed by atoms with Gasteiger partial charge in [-0.2, -0.15) is 0 Å². The molecule has 3 aromatic rings. The Morgan fingerprint density at radius 3 is 2.26 bits per heavy atom. The fourth-order valence-corrected chi connectivity index (χ4v) is 3.65. The van der Waals surface area contributed by atoms with Crippen LogP contribution >= 0.6 is 0 Å². The van der Waals surface area contributed by atoms with E-state index in [4.69, 9.17) is 0 Å². The number of anilines is 1. The van der Waals surface area contributed by atoms with Gasteiger partial charge in [0, 0.05) is 24.5 Å². The maximum Gasteiger partial charge on any atom is 0.224 e. The molecule has 0 saturated carbocycles. The molecule has 0 aliphatic rings. The van der Waals surface area contributed by atoms with Crippen molar-refractivity contribution >= 4 is 11.6 Å². The number of rotatable bonds is 12. The van der Waals surface area contributed by atoms with Crippen molar-refractivity contribution in [2.24, 2.45) is 0 Å². The van der Waals surface area contributed by atoms with Crippen LogP contribution in [0, 0.1) is 0 Å². The molecule has 1 N–H and O–H groups in total. The minimum Gasteiger partial charge on any atom is -0.326 e. The molecule has 0 radical (unpaired) electrons. The second-order valence-corrected chi connectivity index (χ2v) is 7.98. The predicted octanol–water partition coefficient (Wildman–Crippen LogP) is 6.62. The normalized spacial score (nSPS) is 10.7. The van der Waals surface area contributed by atoms with Crippen LogP contribution in [0.2, 0.25) is 0 Å². The zero-order chi connectivity index (χ0) is 21.7. The van der Waals surface area contributed by atoms with Crippen LogP contribution in [0.25, 0.3) is 11.4 Å². The highest BCUT2D eigenvalue weighted by atomic mass is 16.1. The van der Waals surface area contributed by atoms with E-state index in [9.17, 15) is 4.79 Å². The lowest BCUT2D eigenvalue weighted by molar-refractivity contribution is -0.116. The number of aromatic nitrogens is 2. The maximum atomic E-state index is 12.1. The van der Waals surface area contributed by atoms with E-state index in [2.05, 4.69) is 46.5 Å². The van der Waals surface area contributed by atoms with Crippen LogP contribution in [0.15, 0.2) is 67.0 Å². The van der Waals surface area contributed by atoms with E-state index in [0.29, 0.717) is 6.42 Å². The van der Waals surface area contributed by atoms with Crippen molar-refractivity contribution < 1.29 is 4.79 Å². The van der Waals surface area contributed by atoms with Crippen LogP contribution in [0.4, 0.5) is 5.69 Å². The lowest BCUT2D eigenvalue weighted by Crippen LogP contribution is -2.10. The molecule has 162 valence electrons. The number of hydrogen-bond donors (Lipinski definition) is 1. The first kappa shape index (κ1) is 22.7. The molecule has 4 heteroatoms. The molecule has 2 heterocycles. The average molecular weight is 416 g/mol. The highest BCUT2D eigenvalue weighted by Gasteiger charge is 2.04. The summed E-state index contributed by atoms with van der Waals surface area (Å²) in [7, 11) is 0. The fraction of sp³-hybridized carbons (Fsp3) is 0.370. The van der Waals surface area contributed by atoms with Gasteiger partial charge in [-0.05, 0) is 73.2 Å². The Morgan fingerprint density at radius 2 is 1.52 bits per heavy atom. The van der Waals surface area contributed by atoms with Gasteiger partial charge in [-0.25, -0.2) is 0 Å². The number of amides is 1. The van der Waals surface area contributed by atoms with Crippen LogP contribution in [0.1, 0.15) is 63.0 Å². The van der Waals surface area contributed by atoms with E-state index in [0.717, 1.165) is 42.8 Å². The predicted molar refractivity (Wildman–Crippen MR) is 128 cm³/mol. The molecule has 0 unspecified atom stereocenters. The molecular formula is C27H33N3O. The first-order valence-electron chi connectivity index (χ1n) is 11.5. The minimum absolute atomic E-state index is 0.116. The van der Waals surface area contributed by atoms with E-state index in [-0.39, 0.29) is 5.91 Å². The Morgan fingerprint density at radius 1 is 0.774 bits per heavy atom. The van der Waals surface area contributed by atoms with Crippen molar-refractivity contribution in [2.45, 2.75) is 64.7 Å². The molecule has 31 heavy (non-hydrogen) atoms. The summed E-state index contributed by atoms with van der Waals surface area (Å²) in [4.78, 5) is 20.9. The summed E-state index contributed by atoms with van der Waals surface area (Å²) >= 11 is 0. The van der Waals surface area contributed by atoms with E-state index in [1.165, 1.54) is 36.8 Å². The zero-order valence-corrected chi connectivity index (χ0v) is 18.5. The third kappa shape index (κ3) is 7.97. The number of pyridine rings is 2. The molecule has 0 aliphatic heterocycles. The van der Waals surface area contributed by atoms with Gasteiger partial charge in [-0.3, -0.25) is 14.8 Å². The third-order valence-electron chi connectivity index (χ3n) is 5.52. The molecule has 0 atom stereocenters. The second-order valence-electron chi connectivity index (χ2n) is 7.98. The SMILES string of the molecule is CCc1ccc(NC(=O)CCCCCCCCc2ccnc(-c3ccccn3)c2)cc1. The Bertz CT molecular complexity index is 923. The zero-order valence-electron chi connectivity index (χ0n) is 18.5. The molecule has 1 amide bonds. The lowest BCUT2D eigenvalue weighted by atomic mass is 10.0. The molecule has 0 aliphatic carbocycles. The van der Waals surface area contributed by atoms with Crippen molar-refractivity contribution in [3.05, 3.63) is 78.1 Å². The second kappa shape index (κ2) is 12.6. The third-order valence-corrected chi connectivity index (χ3v) is 5.52. The first-order chi connectivity index (χ1) is 15.2. The topological polar surface area (TPSA) is 54.9 Å². The van der Waals surface area contributed by atoms with Gasteiger partial charge in [0.1, 0.15) is 0 Å². The number of aryl methyl sites for hydroxylation is 2. The van der Waals surface area contributed by atoms with Crippen LogP contribution < -0.4 is 5.32 Å². The Kier molecular flexibility index (Phi) is 9.24. The fourth-order valence-electron chi connectivity index (χ4n) is 3.65. The molecule has 2 aromatic heterocycles. The van der Waals surface area contributed by atoms with Crippen LogP contribution in [0.5, 0.6) is 0 Å². The highest BCUT2D eigenvalue weighted by molar-refractivity contribution is 5.90. The number of carbonyl (C=O) groups excluding carboxylic acids is 1. The molecule has 0 spiro atoms. The monoisotopic (exact) mass is 415 g/mol. The Labute approximate surface area is 186 Å². The van der Waals surface area contributed by atoms with Gasteiger partial charge >= 0.3 is 0 Å². The highest BCUT2D eigenvalue weighted by Crippen LogP contribution is 2.17. The van der Waals surface area contributed by atoms with E-state index in [1.54, 1.807) is 6.20 Å². The van der Waals surface area contributed by atoms with Crippen molar-refractivity contribution in [1.82, 2.24) is 9.97 Å². The quantitative estimate of drug-likeness (QED) is 0.338. The number of unbranched alkanes of at least 4 members (excludes halogenated alkanes) is 5. The lowest BCUT2D eigenvalue weighted by Gasteiger charge is -2.06. The largest absolute Gasteiger partial charge is 0.326 e. The van der Waals surface area contributed by atoms with Crippen LogP contribution in [0.3, 0.4) is 0 Å². The summed E-state index contributed by atoms with van der Waals surface area (Å²) in [6, 6.07) is 18.3. The van der Waals surface area contributed by atoms with Gasteiger partial charge in [0.25, 0.3) is 0 Å². The molecule has 1 aromatic carbocycles. The summed E-state index contributed by atoms with van der Waals surface area (Å²) in [6.45, 7) is 2.13. The van der Waals surface area contributed by atoms with E-state index in [1.807, 2.05) is 36.5 Å². The standard InChI is InChI=1S/C27H33N3O/c1-2-22-14-16-24(17-15-22)30-27(31)13-8-6-4-3-5-7-11-23-18-20-29-26(21-23)25-12-9-10-19-28-25/h9-10,12,14-21H,2-8,11,13H2,1H3,(H,30,31). The molecular weight excluding hydrogens is 382 g/mol. The summed E-state index contributed by atoms with van der Waals surface area (Å²) in [6.07, 6.45) is 13.2. The van der Waals surface area contributed by atoms with Crippen LogP contribution in [-0.4, -0.2) is 15.9 Å². The average Bonchev–Trinajstić information content (AvgIpc) is 2.82. The van der Waals surface area contributed by atoms with Crippen molar-refractivity contribution in [1.29, 1.82) is 0 Å². The summed E-state index contributed by atoms with van der Waals surface area (Å²) in [5.74, 6) is 0.116. The summed E-state index contributed by atoms with van der Waals surface area (Å²) < 4.78 is 0. The number of nitrogens with one attached hydrogen (secondary N) is 1. The van der Waals surface area contributed by atoms with Gasteiger partial charge in [0.2, 0.25) is 5.91 Å². The van der Waals surface area contributed by atoms with Gasteiger partial charge in [0.05, 0.1) is 11.4 Å². The van der Waals surface area contributed by atoms with Crippen molar-refractivity contribution in [3.8, 4) is 11.4 Å². The molecule has 4 nitrogen and oxygen atoms in total. The van der Waals surface area contributed by atoms with Gasteiger partial charge in [-0.1, -0.05) is 50.8 Å². The number of carbonyl (C=O) groups is 1. The van der Waals surface area contributed by atoms with Crippen LogP contribution in [-0.2, 0) is 17.6 Å². The van der Waals surface area contributed by atoms with Gasteiger partial charge in [0.15, 0.2) is 0 Å². The number of hydrogen-bond acceptors (Lipinski definition) is 3. The summed E-state index contributed by atoms with van der Waals surface area (Å²) in [5, 5.41) is 2.99. The molecule has 0 bridgehead atoms. The first-order valence-corrected chi connectivity index (χ1v) is 11.5. The van der Waals surface area contributed by atoms with Crippen molar-refractivity contribution in [2.75, 3.05) is 5.32 Å². The maximum absolute atomic E-state index is 12.1. The molecule has 3 rings (SSSR count). The van der Waals surface area contributed by atoms with Crippen molar-refractivity contribution in [3.63, 3.8) is 0 Å². The molecule has 0 fully saturated rings. The van der Waals surface area contributed by atoms with Gasteiger partial charge < -0.3 is 5.32 Å². The number of benzene rings is 1. The van der Waals surface area contributed by atoms with E-state index < -0.39 is 0 Å². The molecule has 0 saturated heterocycles. The summed E-state index contributed by atoms with van der Waals surface area (Å²) in [5.41, 5.74) is 5.36. The van der Waals surface area contributed by atoms with E-state index >= 15 is 0 Å². The minimum atomic E-state index is 0.116.